The van der Waals surface area contributed by atoms with Crippen molar-refractivity contribution in [2.45, 2.75) is 31.8 Å². The zero-order chi connectivity index (χ0) is 18.0. The largest absolute Gasteiger partial charge is 0.480 e. The van der Waals surface area contributed by atoms with Crippen LogP contribution in [0, 0.1) is 0 Å². The lowest BCUT2D eigenvalue weighted by Crippen LogP contribution is -2.49. The number of nitrogens with two attached hydrogens (primary N) is 1. The third-order valence-corrected chi connectivity index (χ3v) is 2.86. The molecule has 0 rings (SSSR count). The predicted octanol–water partition coefficient (Wildman–Crippen LogP) is -2.20. The van der Waals surface area contributed by atoms with Crippen LogP contribution in [-0.2, 0) is 28.7 Å². The SMILES string of the molecule is CC(=O)OC(=O)CNC(=O)C(CS)NC(=O)CCC(N)C(=O)O. The van der Waals surface area contributed by atoms with E-state index in [9.17, 15) is 24.0 Å². The Bertz CT molecular complexity index is 483. The highest BCUT2D eigenvalue weighted by Crippen LogP contribution is 1.97. The van der Waals surface area contributed by atoms with E-state index in [4.69, 9.17) is 10.8 Å². The molecule has 0 saturated carbocycles. The van der Waals surface area contributed by atoms with Crippen molar-refractivity contribution in [2.75, 3.05) is 12.3 Å². The molecule has 11 heteroatoms. The Hall–Kier alpha value is -2.14. The lowest BCUT2D eigenvalue weighted by molar-refractivity contribution is -0.158. The molecular weight excluding hydrogens is 330 g/mol. The summed E-state index contributed by atoms with van der Waals surface area (Å²) in [5, 5.41) is 13.1. The predicted molar refractivity (Wildman–Crippen MR) is 80.4 cm³/mol. The molecular formula is C12H19N3O7S. The Morgan fingerprint density at radius 2 is 1.87 bits per heavy atom. The van der Waals surface area contributed by atoms with Gasteiger partial charge >= 0.3 is 17.9 Å². The smallest absolute Gasteiger partial charge is 0.333 e. The molecule has 2 amide bonds. The van der Waals surface area contributed by atoms with Gasteiger partial charge in [0.05, 0.1) is 0 Å². The normalized spacial score (nSPS) is 12.7. The molecule has 0 radical (unpaired) electrons. The Labute approximate surface area is 137 Å². The maximum Gasteiger partial charge on any atom is 0.333 e. The van der Waals surface area contributed by atoms with Crippen LogP contribution in [0.25, 0.3) is 0 Å². The van der Waals surface area contributed by atoms with Crippen molar-refractivity contribution in [1.82, 2.24) is 10.6 Å². The van der Waals surface area contributed by atoms with Gasteiger partial charge in [-0.05, 0) is 6.42 Å². The number of carbonyl (C=O) groups excluding carboxylic acids is 4. The number of ether oxygens (including phenoxy) is 1. The highest BCUT2D eigenvalue weighted by Gasteiger charge is 2.21. The average Bonchev–Trinajstić information content (AvgIpc) is 2.46. The summed E-state index contributed by atoms with van der Waals surface area (Å²) in [6.07, 6.45) is -0.273. The summed E-state index contributed by atoms with van der Waals surface area (Å²) in [5.74, 6) is -4.31. The standard InChI is InChI=1S/C12H19N3O7S/c1-6(16)22-10(18)4-14-11(19)8(5-23)15-9(17)3-2-7(13)12(20)21/h7-8,23H,2-5,13H2,1H3,(H,14,19)(H,15,17)(H,20,21). The lowest BCUT2D eigenvalue weighted by Gasteiger charge is -2.16. The van der Waals surface area contributed by atoms with Gasteiger partial charge < -0.3 is 26.2 Å². The molecule has 0 aromatic carbocycles. The van der Waals surface area contributed by atoms with Gasteiger partial charge in [0.1, 0.15) is 18.6 Å². The number of amides is 2. The second-order valence-electron chi connectivity index (χ2n) is 4.47. The van der Waals surface area contributed by atoms with Gasteiger partial charge in [0, 0.05) is 19.1 Å². The molecule has 0 aliphatic rings. The van der Waals surface area contributed by atoms with E-state index in [1.165, 1.54) is 0 Å². The van der Waals surface area contributed by atoms with Crippen LogP contribution >= 0.6 is 12.6 Å². The van der Waals surface area contributed by atoms with E-state index in [1.807, 2.05) is 0 Å². The molecule has 0 aliphatic carbocycles. The number of hydrogen-bond donors (Lipinski definition) is 5. The van der Waals surface area contributed by atoms with Crippen LogP contribution in [0.4, 0.5) is 0 Å². The fourth-order valence-corrected chi connectivity index (χ4v) is 1.61. The Morgan fingerprint density at radius 3 is 2.35 bits per heavy atom. The van der Waals surface area contributed by atoms with Crippen molar-refractivity contribution in [1.29, 1.82) is 0 Å². The minimum atomic E-state index is -1.23. The third-order valence-electron chi connectivity index (χ3n) is 2.50. The van der Waals surface area contributed by atoms with Gasteiger partial charge in [-0.25, -0.2) is 4.79 Å². The van der Waals surface area contributed by atoms with Crippen molar-refractivity contribution in [3.8, 4) is 0 Å². The summed E-state index contributed by atoms with van der Waals surface area (Å²) in [4.78, 5) is 55.5. The van der Waals surface area contributed by atoms with Gasteiger partial charge in [-0.2, -0.15) is 12.6 Å². The van der Waals surface area contributed by atoms with E-state index in [0.717, 1.165) is 6.92 Å². The number of aliphatic carboxylic acids is 1. The summed E-state index contributed by atoms with van der Waals surface area (Å²) >= 11 is 3.91. The van der Waals surface area contributed by atoms with Crippen molar-refractivity contribution in [3.63, 3.8) is 0 Å². The van der Waals surface area contributed by atoms with Crippen molar-refractivity contribution >= 4 is 42.4 Å². The van der Waals surface area contributed by atoms with E-state index in [1.54, 1.807) is 0 Å². The number of esters is 2. The molecule has 5 N–H and O–H groups in total. The zero-order valence-corrected chi connectivity index (χ0v) is 13.3. The van der Waals surface area contributed by atoms with Crippen LogP contribution in [0.15, 0.2) is 0 Å². The molecule has 0 saturated heterocycles. The minimum Gasteiger partial charge on any atom is -0.480 e. The number of nitrogens with one attached hydrogen (secondary N) is 2. The maximum absolute atomic E-state index is 11.8. The van der Waals surface area contributed by atoms with Crippen LogP contribution in [-0.4, -0.2) is 59.2 Å². The summed E-state index contributed by atoms with van der Waals surface area (Å²) in [7, 11) is 0. The molecule has 0 spiro atoms. The summed E-state index contributed by atoms with van der Waals surface area (Å²) in [5.41, 5.74) is 5.26. The van der Waals surface area contributed by atoms with E-state index in [0.29, 0.717) is 0 Å². The van der Waals surface area contributed by atoms with E-state index in [2.05, 4.69) is 28.0 Å². The molecule has 10 nitrogen and oxygen atoms in total. The first kappa shape index (κ1) is 20.9. The Balaban J connectivity index is 4.28. The third kappa shape index (κ3) is 9.47. The van der Waals surface area contributed by atoms with Crippen LogP contribution in [0.2, 0.25) is 0 Å². The first-order chi connectivity index (χ1) is 10.7. The van der Waals surface area contributed by atoms with Crippen molar-refractivity contribution < 1.29 is 33.8 Å². The quantitative estimate of drug-likeness (QED) is 0.178. The van der Waals surface area contributed by atoms with Gasteiger partial charge in [-0.15, -0.1) is 0 Å². The fourth-order valence-electron chi connectivity index (χ4n) is 1.35. The van der Waals surface area contributed by atoms with Gasteiger partial charge in [-0.3, -0.25) is 19.2 Å². The number of thiol groups is 1. The summed E-state index contributed by atoms with van der Waals surface area (Å²) in [6, 6.07) is -2.21. The summed E-state index contributed by atoms with van der Waals surface area (Å²) < 4.78 is 4.21. The van der Waals surface area contributed by atoms with E-state index < -0.39 is 48.4 Å². The molecule has 2 atom stereocenters. The molecule has 0 aliphatic heterocycles. The molecule has 0 heterocycles. The van der Waals surface area contributed by atoms with Crippen molar-refractivity contribution in [3.05, 3.63) is 0 Å². The van der Waals surface area contributed by atoms with E-state index in [-0.39, 0.29) is 18.6 Å². The number of rotatable bonds is 9. The zero-order valence-electron chi connectivity index (χ0n) is 12.4. The second kappa shape index (κ2) is 10.6. The van der Waals surface area contributed by atoms with Gasteiger partial charge in [-0.1, -0.05) is 0 Å². The number of carboxylic acids is 1. The lowest BCUT2D eigenvalue weighted by atomic mass is 10.1. The van der Waals surface area contributed by atoms with Crippen LogP contribution in [0.1, 0.15) is 19.8 Å². The Morgan fingerprint density at radius 1 is 1.26 bits per heavy atom. The number of hydrogen-bond acceptors (Lipinski definition) is 8. The average molecular weight is 349 g/mol. The van der Waals surface area contributed by atoms with Gasteiger partial charge in [0.2, 0.25) is 11.8 Å². The van der Waals surface area contributed by atoms with E-state index >= 15 is 0 Å². The molecule has 2 unspecified atom stereocenters. The minimum absolute atomic E-state index is 0.0513. The molecule has 23 heavy (non-hydrogen) atoms. The number of carboxylic acid groups (broad SMARTS) is 1. The Kier molecular flexibility index (Phi) is 9.58. The fraction of sp³-hybridized carbons (Fsp3) is 0.583. The number of carbonyl (C=O) groups is 5. The molecule has 0 aromatic rings. The van der Waals surface area contributed by atoms with Gasteiger partial charge in [0.15, 0.2) is 0 Å². The molecule has 0 bridgehead atoms. The van der Waals surface area contributed by atoms with Crippen molar-refractivity contribution in [2.24, 2.45) is 5.73 Å². The topological polar surface area (TPSA) is 165 Å². The molecule has 0 aromatic heterocycles. The first-order valence-corrected chi connectivity index (χ1v) is 7.18. The monoisotopic (exact) mass is 349 g/mol. The van der Waals surface area contributed by atoms with Gasteiger partial charge in [0.25, 0.3) is 0 Å². The van der Waals surface area contributed by atoms with Crippen LogP contribution in [0.5, 0.6) is 0 Å². The molecule has 130 valence electrons. The summed E-state index contributed by atoms with van der Waals surface area (Å²) in [6.45, 7) is 0.501. The van der Waals surface area contributed by atoms with Crippen LogP contribution < -0.4 is 16.4 Å². The maximum atomic E-state index is 11.8. The first-order valence-electron chi connectivity index (χ1n) is 6.55. The highest BCUT2D eigenvalue weighted by atomic mass is 32.1. The second-order valence-corrected chi connectivity index (χ2v) is 4.83. The molecule has 0 fully saturated rings. The van der Waals surface area contributed by atoms with Crippen LogP contribution in [0.3, 0.4) is 0 Å². The highest BCUT2D eigenvalue weighted by molar-refractivity contribution is 7.80.